The normalized spacial score (nSPS) is 9.72. The summed E-state index contributed by atoms with van der Waals surface area (Å²) in [5, 5.41) is 10.5. The maximum Gasteiger partial charge on any atom is 0.413 e. The van der Waals surface area contributed by atoms with Gasteiger partial charge in [-0.2, -0.15) is 0 Å². The van der Waals surface area contributed by atoms with Gasteiger partial charge in [-0.25, -0.2) is 9.59 Å². The zero-order chi connectivity index (χ0) is 23.7. The van der Waals surface area contributed by atoms with E-state index in [1.54, 1.807) is 19.2 Å². The Balaban J connectivity index is 2.33. The van der Waals surface area contributed by atoms with E-state index in [-0.39, 0.29) is 10.2 Å². The number of benzene rings is 2. The zero-order valence-electron chi connectivity index (χ0n) is 17.6. The van der Waals surface area contributed by atoms with E-state index >= 15 is 0 Å². The number of alkyl carbamates (subject to hydrolysis) is 2. The largest absolute Gasteiger partial charge is 0.497 e. The highest BCUT2D eigenvalue weighted by Gasteiger charge is 2.13. The van der Waals surface area contributed by atoms with Crippen LogP contribution in [0.15, 0.2) is 49.0 Å². The Hall–Kier alpha value is -3.70. The lowest BCUT2D eigenvalue weighted by Crippen LogP contribution is -2.35. The molecular weight excluding hydrogens is 452 g/mol. The van der Waals surface area contributed by atoms with Crippen LogP contribution in [0.1, 0.15) is 11.1 Å². The summed E-state index contributed by atoms with van der Waals surface area (Å²) in [6, 6.07) is 12.7. The van der Waals surface area contributed by atoms with E-state index in [0.717, 1.165) is 22.4 Å². The molecule has 2 rings (SSSR count). The Kier molecular flexibility index (Phi) is 8.93. The lowest BCUT2D eigenvalue weighted by atomic mass is 9.98. The number of amides is 2. The van der Waals surface area contributed by atoms with Gasteiger partial charge in [-0.1, -0.05) is 24.8 Å². The van der Waals surface area contributed by atoms with Crippen LogP contribution in [0.4, 0.5) is 21.0 Å². The molecule has 0 spiro atoms. The van der Waals surface area contributed by atoms with Crippen molar-refractivity contribution < 1.29 is 23.8 Å². The first kappa shape index (κ1) is 24.6. The molecular formula is C21H22N4O5S2. The number of thiocarbonyl (C=S) groups is 2. The van der Waals surface area contributed by atoms with Crippen LogP contribution >= 0.6 is 24.4 Å². The van der Waals surface area contributed by atoms with Gasteiger partial charge in [0.2, 0.25) is 0 Å². The molecule has 0 aliphatic carbocycles. The van der Waals surface area contributed by atoms with E-state index in [2.05, 4.69) is 37.3 Å². The molecule has 11 heteroatoms. The third-order valence-electron chi connectivity index (χ3n) is 4.10. The highest BCUT2D eigenvalue weighted by molar-refractivity contribution is 7.80. The Labute approximate surface area is 196 Å². The number of carbonyl (C=O) groups is 2. The van der Waals surface area contributed by atoms with Crippen LogP contribution in [0, 0.1) is 0 Å². The first-order valence-corrected chi connectivity index (χ1v) is 9.88. The highest BCUT2D eigenvalue weighted by Crippen LogP contribution is 2.30. The van der Waals surface area contributed by atoms with E-state index in [9.17, 15) is 9.59 Å². The van der Waals surface area contributed by atoms with Crippen molar-refractivity contribution >= 4 is 63.8 Å². The number of anilines is 2. The van der Waals surface area contributed by atoms with Crippen LogP contribution in [-0.4, -0.2) is 43.7 Å². The molecule has 2 aromatic carbocycles. The average molecular weight is 475 g/mol. The molecule has 2 amide bonds. The average Bonchev–Trinajstić information content (AvgIpc) is 2.79. The fourth-order valence-electron chi connectivity index (χ4n) is 2.50. The summed E-state index contributed by atoms with van der Waals surface area (Å²) in [6.07, 6.45) is -1.44. The lowest BCUT2D eigenvalue weighted by Gasteiger charge is -2.17. The van der Waals surface area contributed by atoms with Gasteiger partial charge < -0.3 is 24.8 Å². The van der Waals surface area contributed by atoms with Crippen molar-refractivity contribution in [2.75, 3.05) is 32.0 Å². The second-order valence-electron chi connectivity index (χ2n) is 6.11. The standard InChI is InChI=1S/C21H22N4O5S2/c1-12(13-5-8-15(28-2)9-6-13)14-7-10-16(22-18(31)24-20(26)29-3)17(11-14)23-19(32)25-21(27)30-4/h5-11H,1H2,2-4H3,(H2,22,24,26,31)(H2,23,25,27,32). The number of rotatable bonds is 5. The summed E-state index contributed by atoms with van der Waals surface area (Å²) < 4.78 is 14.3. The fourth-order valence-corrected chi connectivity index (χ4v) is 2.88. The number of ether oxygens (including phenoxy) is 3. The predicted octanol–water partition coefficient (Wildman–Crippen LogP) is 3.86. The second-order valence-corrected chi connectivity index (χ2v) is 6.93. The quantitative estimate of drug-likeness (QED) is 0.480. The third kappa shape index (κ3) is 6.93. The molecule has 9 nitrogen and oxygen atoms in total. The third-order valence-corrected chi connectivity index (χ3v) is 4.51. The minimum absolute atomic E-state index is 0.000967. The Morgan fingerprint density at radius 1 is 0.781 bits per heavy atom. The molecule has 0 fully saturated rings. The Morgan fingerprint density at radius 2 is 1.28 bits per heavy atom. The molecule has 0 bridgehead atoms. The van der Waals surface area contributed by atoms with E-state index in [0.29, 0.717) is 11.4 Å². The monoisotopic (exact) mass is 474 g/mol. The maximum atomic E-state index is 11.5. The summed E-state index contributed by atoms with van der Waals surface area (Å²) in [5.41, 5.74) is 3.34. The minimum atomic E-state index is -0.723. The second kappa shape index (κ2) is 11.6. The highest BCUT2D eigenvalue weighted by atomic mass is 32.1. The van der Waals surface area contributed by atoms with E-state index in [1.807, 2.05) is 30.3 Å². The fraction of sp³-hybridized carbons (Fsp3) is 0.143. The molecule has 32 heavy (non-hydrogen) atoms. The van der Waals surface area contributed by atoms with Crippen molar-refractivity contribution in [1.82, 2.24) is 10.6 Å². The smallest absolute Gasteiger partial charge is 0.413 e. The van der Waals surface area contributed by atoms with E-state index in [1.165, 1.54) is 14.2 Å². The molecule has 0 atom stereocenters. The van der Waals surface area contributed by atoms with Crippen LogP contribution in [0.5, 0.6) is 5.75 Å². The molecule has 0 aromatic heterocycles. The number of nitrogens with one attached hydrogen (secondary N) is 4. The molecule has 0 saturated carbocycles. The van der Waals surface area contributed by atoms with Gasteiger partial charge in [0.1, 0.15) is 5.75 Å². The minimum Gasteiger partial charge on any atom is -0.497 e. The summed E-state index contributed by atoms with van der Waals surface area (Å²) in [5.74, 6) is 0.731. The van der Waals surface area contributed by atoms with Gasteiger partial charge in [-0.05, 0) is 65.4 Å². The maximum absolute atomic E-state index is 11.5. The topological polar surface area (TPSA) is 110 Å². The van der Waals surface area contributed by atoms with Crippen molar-refractivity contribution in [2.45, 2.75) is 0 Å². The number of carbonyl (C=O) groups excluding carboxylic acids is 2. The Bertz CT molecular complexity index is 1040. The number of hydrogen-bond donors (Lipinski definition) is 4. The van der Waals surface area contributed by atoms with Gasteiger partial charge in [0.15, 0.2) is 10.2 Å². The van der Waals surface area contributed by atoms with Crippen molar-refractivity contribution in [1.29, 1.82) is 0 Å². The van der Waals surface area contributed by atoms with Gasteiger partial charge in [-0.3, -0.25) is 10.6 Å². The van der Waals surface area contributed by atoms with Crippen LogP contribution in [0.3, 0.4) is 0 Å². The van der Waals surface area contributed by atoms with Gasteiger partial charge in [0, 0.05) is 0 Å². The molecule has 168 valence electrons. The van der Waals surface area contributed by atoms with Gasteiger partial charge in [0.05, 0.1) is 32.7 Å². The number of methoxy groups -OCH3 is 3. The summed E-state index contributed by atoms with van der Waals surface area (Å²) >= 11 is 10.3. The van der Waals surface area contributed by atoms with Crippen molar-refractivity contribution in [3.8, 4) is 5.75 Å². The molecule has 0 heterocycles. The molecule has 0 aliphatic heterocycles. The lowest BCUT2D eigenvalue weighted by molar-refractivity contribution is 0.176. The molecule has 2 aromatic rings. The zero-order valence-corrected chi connectivity index (χ0v) is 19.2. The van der Waals surface area contributed by atoms with Gasteiger partial charge in [0.25, 0.3) is 0 Å². The molecule has 0 saturated heterocycles. The molecule has 0 unspecified atom stereocenters. The SMILES string of the molecule is C=C(c1ccc(OC)cc1)c1ccc(NC(=S)NC(=O)OC)c(NC(=S)NC(=O)OC)c1. The van der Waals surface area contributed by atoms with Crippen molar-refractivity contribution in [3.63, 3.8) is 0 Å². The van der Waals surface area contributed by atoms with Crippen LogP contribution in [0.2, 0.25) is 0 Å². The molecule has 4 N–H and O–H groups in total. The van der Waals surface area contributed by atoms with Gasteiger partial charge >= 0.3 is 12.2 Å². The van der Waals surface area contributed by atoms with Crippen LogP contribution < -0.4 is 26.0 Å². The van der Waals surface area contributed by atoms with Crippen molar-refractivity contribution in [3.05, 3.63) is 60.2 Å². The molecule has 0 aliphatic rings. The van der Waals surface area contributed by atoms with Crippen molar-refractivity contribution in [2.24, 2.45) is 0 Å². The summed E-state index contributed by atoms with van der Waals surface area (Å²) in [6.45, 7) is 4.16. The number of hydrogen-bond acceptors (Lipinski definition) is 7. The van der Waals surface area contributed by atoms with Crippen LogP contribution in [0.25, 0.3) is 5.57 Å². The van der Waals surface area contributed by atoms with E-state index < -0.39 is 12.2 Å². The van der Waals surface area contributed by atoms with E-state index in [4.69, 9.17) is 29.2 Å². The first-order valence-electron chi connectivity index (χ1n) is 9.07. The van der Waals surface area contributed by atoms with Gasteiger partial charge in [-0.15, -0.1) is 0 Å². The van der Waals surface area contributed by atoms with Crippen LogP contribution in [-0.2, 0) is 9.47 Å². The Morgan fingerprint density at radius 3 is 1.78 bits per heavy atom. The molecule has 0 radical (unpaired) electrons. The first-order chi connectivity index (χ1) is 15.3. The summed E-state index contributed by atoms with van der Waals surface area (Å²) in [4.78, 5) is 22.9. The predicted molar refractivity (Wildman–Crippen MR) is 131 cm³/mol. The summed E-state index contributed by atoms with van der Waals surface area (Å²) in [7, 11) is 4.04.